The first kappa shape index (κ1) is 13.7. The van der Waals surface area contributed by atoms with E-state index in [0.717, 1.165) is 29.1 Å². The summed E-state index contributed by atoms with van der Waals surface area (Å²) >= 11 is 0. The fourth-order valence-electron chi connectivity index (χ4n) is 2.54. The van der Waals surface area contributed by atoms with Crippen LogP contribution in [0, 0.1) is 0 Å². The van der Waals surface area contributed by atoms with Crippen molar-refractivity contribution in [2.24, 2.45) is 0 Å². The molecule has 0 radical (unpaired) electrons. The van der Waals surface area contributed by atoms with Crippen molar-refractivity contribution >= 4 is 17.3 Å². The molecule has 0 fully saturated rings. The molecule has 0 unspecified atom stereocenters. The summed E-state index contributed by atoms with van der Waals surface area (Å²) in [6, 6.07) is 9.84. The molecule has 1 aromatic carbocycles. The van der Waals surface area contributed by atoms with Crippen LogP contribution >= 0.6 is 0 Å². The lowest BCUT2D eigenvalue weighted by atomic mass is 10.0. The number of amides is 1. The number of hydrogen-bond donors (Lipinski definition) is 1. The predicted molar refractivity (Wildman–Crippen MR) is 80.2 cm³/mol. The molecule has 0 aliphatic carbocycles. The number of nitrogens with zero attached hydrogens (tertiary/aromatic N) is 1. The normalized spacial score (nSPS) is 14.1. The third-order valence-corrected chi connectivity index (χ3v) is 3.58. The smallest absolute Gasteiger partial charge is 0.229 e. The van der Waals surface area contributed by atoms with E-state index in [-0.39, 0.29) is 5.91 Å². The molecule has 0 spiro atoms. The Bertz CT molecular complexity index is 622. The van der Waals surface area contributed by atoms with E-state index in [1.54, 1.807) is 18.3 Å². The van der Waals surface area contributed by atoms with Gasteiger partial charge >= 0.3 is 0 Å². The second kappa shape index (κ2) is 6.01. The highest BCUT2D eigenvalue weighted by molar-refractivity contribution is 5.96. The second-order valence-electron chi connectivity index (χ2n) is 5.02. The van der Waals surface area contributed by atoms with E-state index >= 15 is 0 Å². The molecule has 1 amide bonds. The van der Waals surface area contributed by atoms with E-state index in [1.165, 1.54) is 0 Å². The number of methoxy groups -OCH3 is 1. The molecule has 0 saturated carbocycles. The van der Waals surface area contributed by atoms with Gasteiger partial charge in [-0.3, -0.25) is 9.69 Å². The highest BCUT2D eigenvalue weighted by atomic mass is 16.5. The molecule has 1 N–H and O–H groups in total. The van der Waals surface area contributed by atoms with Crippen molar-refractivity contribution in [3.05, 3.63) is 47.9 Å². The van der Waals surface area contributed by atoms with E-state index in [9.17, 15) is 4.79 Å². The summed E-state index contributed by atoms with van der Waals surface area (Å²) < 4.78 is 10.4. The maximum absolute atomic E-state index is 11.9. The third kappa shape index (κ3) is 2.92. The van der Waals surface area contributed by atoms with Crippen LogP contribution in [0.3, 0.4) is 0 Å². The zero-order valence-electron chi connectivity index (χ0n) is 12.0. The summed E-state index contributed by atoms with van der Waals surface area (Å²) in [5.41, 5.74) is 3.13. The van der Waals surface area contributed by atoms with Gasteiger partial charge in [0.15, 0.2) is 0 Å². The standard InChI is InChI=1S/C16H18N2O3/c1-20-11-18-15-6-5-13(9-12(15)4-7-16(18)19)17-10-14-3-2-8-21-14/h2-3,5-6,8-9,17H,4,7,10-11H2,1H3. The predicted octanol–water partition coefficient (Wildman–Crippen LogP) is 2.77. The molecule has 1 aliphatic rings. The number of benzene rings is 1. The first-order chi connectivity index (χ1) is 10.3. The third-order valence-electron chi connectivity index (χ3n) is 3.58. The molecule has 5 heteroatoms. The van der Waals surface area contributed by atoms with E-state index in [2.05, 4.69) is 11.4 Å². The lowest BCUT2D eigenvalue weighted by Gasteiger charge is -2.29. The van der Waals surface area contributed by atoms with Crippen LogP contribution in [0.5, 0.6) is 0 Å². The van der Waals surface area contributed by atoms with Crippen molar-refractivity contribution in [3.63, 3.8) is 0 Å². The maximum atomic E-state index is 11.9. The molecule has 3 rings (SSSR count). The Balaban J connectivity index is 1.76. The minimum absolute atomic E-state index is 0.112. The Morgan fingerprint density at radius 3 is 3.00 bits per heavy atom. The Kier molecular flexibility index (Phi) is 3.92. The minimum Gasteiger partial charge on any atom is -0.467 e. The van der Waals surface area contributed by atoms with Crippen LogP contribution in [0.2, 0.25) is 0 Å². The van der Waals surface area contributed by atoms with Crippen molar-refractivity contribution in [1.82, 2.24) is 0 Å². The van der Waals surface area contributed by atoms with Crippen LogP contribution < -0.4 is 10.2 Å². The van der Waals surface area contributed by atoms with Gasteiger partial charge in [0.05, 0.1) is 12.8 Å². The first-order valence-electron chi connectivity index (χ1n) is 6.96. The molecule has 0 saturated heterocycles. The summed E-state index contributed by atoms with van der Waals surface area (Å²) in [5.74, 6) is 1.00. The van der Waals surface area contributed by atoms with Crippen molar-refractivity contribution in [1.29, 1.82) is 0 Å². The summed E-state index contributed by atoms with van der Waals surface area (Å²) in [4.78, 5) is 13.6. The van der Waals surface area contributed by atoms with Crippen LogP contribution in [0.1, 0.15) is 17.7 Å². The Labute approximate surface area is 123 Å². The number of aryl methyl sites for hydroxylation is 1. The van der Waals surface area contributed by atoms with Crippen molar-refractivity contribution in [2.75, 3.05) is 24.1 Å². The number of nitrogens with one attached hydrogen (secondary N) is 1. The van der Waals surface area contributed by atoms with E-state index in [1.807, 2.05) is 24.3 Å². The van der Waals surface area contributed by atoms with Crippen LogP contribution in [-0.2, 0) is 22.5 Å². The number of fused-ring (bicyclic) bond motifs is 1. The Morgan fingerprint density at radius 1 is 1.33 bits per heavy atom. The maximum Gasteiger partial charge on any atom is 0.229 e. The summed E-state index contributed by atoms with van der Waals surface area (Å²) in [7, 11) is 1.60. The van der Waals surface area contributed by atoms with Gasteiger partial charge in [-0.05, 0) is 42.3 Å². The molecule has 110 valence electrons. The largest absolute Gasteiger partial charge is 0.467 e. The summed E-state index contributed by atoms with van der Waals surface area (Å²) in [6.07, 6.45) is 2.96. The van der Waals surface area contributed by atoms with Gasteiger partial charge in [0.25, 0.3) is 0 Å². The first-order valence-corrected chi connectivity index (χ1v) is 6.96. The van der Waals surface area contributed by atoms with Gasteiger partial charge in [-0.1, -0.05) is 0 Å². The van der Waals surface area contributed by atoms with E-state index in [4.69, 9.17) is 9.15 Å². The molecule has 2 aromatic rings. The van der Waals surface area contributed by atoms with Crippen LogP contribution in [0.15, 0.2) is 41.0 Å². The minimum atomic E-state index is 0.112. The van der Waals surface area contributed by atoms with Gasteiger partial charge in [0.1, 0.15) is 12.5 Å². The number of ether oxygens (including phenoxy) is 1. The summed E-state index contributed by atoms with van der Waals surface area (Å²) in [5, 5.41) is 3.33. The Hall–Kier alpha value is -2.27. The van der Waals surface area contributed by atoms with Crippen molar-refractivity contribution < 1.29 is 13.9 Å². The molecule has 21 heavy (non-hydrogen) atoms. The van der Waals surface area contributed by atoms with E-state index < -0.39 is 0 Å². The lowest BCUT2D eigenvalue weighted by Crippen LogP contribution is -2.36. The van der Waals surface area contributed by atoms with Crippen LogP contribution in [0.25, 0.3) is 0 Å². The van der Waals surface area contributed by atoms with Crippen LogP contribution in [0.4, 0.5) is 11.4 Å². The average molecular weight is 286 g/mol. The number of furan rings is 1. The number of hydrogen-bond acceptors (Lipinski definition) is 4. The average Bonchev–Trinajstić information content (AvgIpc) is 3.01. The highest BCUT2D eigenvalue weighted by Crippen LogP contribution is 2.30. The van der Waals surface area contributed by atoms with E-state index in [0.29, 0.717) is 19.7 Å². The molecular weight excluding hydrogens is 268 g/mol. The molecule has 0 bridgehead atoms. The van der Waals surface area contributed by atoms with Crippen molar-refractivity contribution in [2.45, 2.75) is 19.4 Å². The lowest BCUT2D eigenvalue weighted by molar-refractivity contribution is -0.119. The van der Waals surface area contributed by atoms with Crippen LogP contribution in [-0.4, -0.2) is 19.7 Å². The molecule has 0 atom stereocenters. The van der Waals surface area contributed by atoms with Gasteiger partial charge in [-0.15, -0.1) is 0 Å². The van der Waals surface area contributed by atoms with Crippen molar-refractivity contribution in [3.8, 4) is 0 Å². The second-order valence-corrected chi connectivity index (χ2v) is 5.02. The number of carbonyl (C=O) groups is 1. The number of rotatable bonds is 5. The molecular formula is C16H18N2O3. The Morgan fingerprint density at radius 2 is 2.24 bits per heavy atom. The van der Waals surface area contributed by atoms with Gasteiger partial charge in [0, 0.05) is 24.9 Å². The molecule has 5 nitrogen and oxygen atoms in total. The number of carbonyl (C=O) groups excluding carboxylic acids is 1. The monoisotopic (exact) mass is 286 g/mol. The number of anilines is 2. The molecule has 2 heterocycles. The van der Waals surface area contributed by atoms with Gasteiger partial charge in [-0.2, -0.15) is 0 Å². The van der Waals surface area contributed by atoms with Gasteiger partial charge < -0.3 is 14.5 Å². The molecule has 1 aromatic heterocycles. The highest BCUT2D eigenvalue weighted by Gasteiger charge is 2.23. The summed E-state index contributed by atoms with van der Waals surface area (Å²) in [6.45, 7) is 0.942. The zero-order chi connectivity index (χ0) is 14.7. The fraction of sp³-hybridized carbons (Fsp3) is 0.312. The van der Waals surface area contributed by atoms with Gasteiger partial charge in [-0.25, -0.2) is 0 Å². The fourth-order valence-corrected chi connectivity index (χ4v) is 2.54. The molecule has 1 aliphatic heterocycles. The quantitative estimate of drug-likeness (QED) is 0.918. The zero-order valence-corrected chi connectivity index (χ0v) is 12.0. The topological polar surface area (TPSA) is 54.7 Å². The van der Waals surface area contributed by atoms with Gasteiger partial charge in [0.2, 0.25) is 5.91 Å². The SMILES string of the molecule is COCN1C(=O)CCc2cc(NCc3ccco3)ccc21.